The van der Waals surface area contributed by atoms with Crippen molar-refractivity contribution in [2.75, 3.05) is 13.7 Å². The van der Waals surface area contributed by atoms with E-state index >= 15 is 0 Å². The van der Waals surface area contributed by atoms with Crippen LogP contribution in [0.3, 0.4) is 0 Å². The number of carbonyl (C=O) groups excluding carboxylic acids is 1. The molecule has 158 valence electrons. The summed E-state index contributed by atoms with van der Waals surface area (Å²) in [5.41, 5.74) is 5.03. The van der Waals surface area contributed by atoms with Crippen molar-refractivity contribution >= 4 is 12.5 Å². The van der Waals surface area contributed by atoms with E-state index in [2.05, 4.69) is 15.3 Å². The molecule has 7 nitrogen and oxygen atoms in total. The summed E-state index contributed by atoms with van der Waals surface area (Å²) in [5.74, 6) is 0.192. The summed E-state index contributed by atoms with van der Waals surface area (Å²) in [6.45, 7) is 2.34. The Balaban J connectivity index is 1.86. The molecular formula is C23H20FN3O4. The Morgan fingerprint density at radius 1 is 1.16 bits per heavy atom. The van der Waals surface area contributed by atoms with Gasteiger partial charge in [-0.1, -0.05) is 24.3 Å². The molecule has 1 atom stereocenters. The first-order valence-electron chi connectivity index (χ1n) is 9.52. The van der Waals surface area contributed by atoms with Crippen LogP contribution in [0, 0.1) is 12.9 Å². The van der Waals surface area contributed by atoms with Crippen LogP contribution in [0.2, 0.25) is 0 Å². The molecule has 2 aromatic carbocycles. The van der Waals surface area contributed by atoms with E-state index in [1.807, 2.05) is 49.4 Å². The number of pyridine rings is 1. The maximum absolute atomic E-state index is 14.3. The SMILES string of the molecule is COc1ccc(C2(c3cccc(-c4cccnc4F)c3)COC(NOC=O)=N2)cc1C. The molecule has 0 spiro atoms. The van der Waals surface area contributed by atoms with E-state index in [1.165, 1.54) is 6.20 Å². The van der Waals surface area contributed by atoms with Gasteiger partial charge < -0.3 is 14.3 Å². The maximum Gasteiger partial charge on any atom is 0.320 e. The van der Waals surface area contributed by atoms with Crippen LogP contribution in [0.1, 0.15) is 16.7 Å². The van der Waals surface area contributed by atoms with E-state index in [0.717, 1.165) is 22.4 Å². The third kappa shape index (κ3) is 3.79. The molecule has 2 heterocycles. The number of ether oxygens (including phenoxy) is 2. The van der Waals surface area contributed by atoms with Gasteiger partial charge in [0.15, 0.2) is 5.54 Å². The Bertz CT molecular complexity index is 1150. The van der Waals surface area contributed by atoms with Gasteiger partial charge in [-0.25, -0.2) is 9.98 Å². The number of rotatable bonds is 6. The quantitative estimate of drug-likeness (QED) is 0.373. The predicted molar refractivity (Wildman–Crippen MR) is 112 cm³/mol. The fourth-order valence-electron chi connectivity index (χ4n) is 3.68. The monoisotopic (exact) mass is 421 g/mol. The molecule has 0 bridgehead atoms. The van der Waals surface area contributed by atoms with Crippen molar-refractivity contribution in [3.8, 4) is 16.9 Å². The Morgan fingerprint density at radius 3 is 2.74 bits per heavy atom. The average Bonchev–Trinajstić information content (AvgIpc) is 3.23. The van der Waals surface area contributed by atoms with E-state index in [9.17, 15) is 9.18 Å². The largest absolute Gasteiger partial charge is 0.496 e. The first kappa shape index (κ1) is 20.3. The Labute approximate surface area is 178 Å². The van der Waals surface area contributed by atoms with Gasteiger partial charge in [0.25, 0.3) is 0 Å². The number of benzene rings is 2. The van der Waals surface area contributed by atoms with Gasteiger partial charge in [-0.3, -0.25) is 4.79 Å². The molecule has 8 heteroatoms. The first-order valence-corrected chi connectivity index (χ1v) is 9.52. The van der Waals surface area contributed by atoms with Gasteiger partial charge in [0.1, 0.15) is 12.4 Å². The van der Waals surface area contributed by atoms with Crippen LogP contribution in [0.4, 0.5) is 4.39 Å². The van der Waals surface area contributed by atoms with Crippen molar-refractivity contribution in [2.45, 2.75) is 12.5 Å². The first-order chi connectivity index (χ1) is 15.1. The van der Waals surface area contributed by atoms with Gasteiger partial charge >= 0.3 is 12.5 Å². The number of hydroxylamine groups is 1. The van der Waals surface area contributed by atoms with Crippen molar-refractivity contribution in [1.82, 2.24) is 10.5 Å². The zero-order valence-corrected chi connectivity index (χ0v) is 17.0. The van der Waals surface area contributed by atoms with Crippen molar-refractivity contribution < 1.29 is 23.5 Å². The lowest BCUT2D eigenvalue weighted by atomic mass is 9.82. The number of nitrogens with zero attached hydrogens (tertiary/aromatic N) is 2. The number of aryl methyl sites for hydroxylation is 1. The number of hydrogen-bond acceptors (Lipinski definition) is 7. The molecule has 31 heavy (non-hydrogen) atoms. The third-order valence-electron chi connectivity index (χ3n) is 5.19. The average molecular weight is 421 g/mol. The Hall–Kier alpha value is -3.94. The van der Waals surface area contributed by atoms with Gasteiger partial charge in [-0.2, -0.15) is 9.87 Å². The van der Waals surface area contributed by atoms with E-state index < -0.39 is 11.5 Å². The lowest BCUT2D eigenvalue weighted by Crippen LogP contribution is -2.27. The maximum atomic E-state index is 14.3. The minimum absolute atomic E-state index is 0.0681. The second-order valence-corrected chi connectivity index (χ2v) is 6.99. The molecule has 1 unspecified atom stereocenters. The second-order valence-electron chi connectivity index (χ2n) is 6.99. The molecule has 0 saturated carbocycles. The summed E-state index contributed by atoms with van der Waals surface area (Å²) in [7, 11) is 1.61. The van der Waals surface area contributed by atoms with Crippen LogP contribution in [0.15, 0.2) is 65.8 Å². The number of methoxy groups -OCH3 is 1. The lowest BCUT2D eigenvalue weighted by Gasteiger charge is -2.26. The zero-order valence-electron chi connectivity index (χ0n) is 17.0. The number of halogens is 1. The van der Waals surface area contributed by atoms with Crippen molar-refractivity contribution in [3.63, 3.8) is 0 Å². The molecule has 0 radical (unpaired) electrons. The molecule has 0 aliphatic carbocycles. The van der Waals surface area contributed by atoms with Crippen LogP contribution < -0.4 is 10.2 Å². The molecule has 1 aliphatic heterocycles. The van der Waals surface area contributed by atoms with Crippen LogP contribution in [0.5, 0.6) is 5.75 Å². The number of aromatic nitrogens is 1. The summed E-state index contributed by atoms with van der Waals surface area (Å²) in [4.78, 5) is 23.6. The zero-order chi connectivity index (χ0) is 21.8. The van der Waals surface area contributed by atoms with Gasteiger partial charge in [0, 0.05) is 11.8 Å². The summed E-state index contributed by atoms with van der Waals surface area (Å²) in [5, 5.41) is 0. The minimum Gasteiger partial charge on any atom is -0.496 e. The molecule has 1 aromatic heterocycles. The summed E-state index contributed by atoms with van der Waals surface area (Å²) in [6.07, 6.45) is 1.41. The molecule has 0 amide bonds. The highest BCUT2D eigenvalue weighted by Gasteiger charge is 2.41. The van der Waals surface area contributed by atoms with Gasteiger partial charge in [-0.05, 0) is 59.5 Å². The topological polar surface area (TPSA) is 82.0 Å². The summed E-state index contributed by atoms with van der Waals surface area (Å²) < 4.78 is 25.4. The van der Waals surface area contributed by atoms with E-state index in [-0.39, 0.29) is 19.1 Å². The minimum atomic E-state index is -0.944. The van der Waals surface area contributed by atoms with Gasteiger partial charge in [0.05, 0.1) is 7.11 Å². The number of hydrogen-bond donors (Lipinski definition) is 1. The second kappa shape index (κ2) is 8.43. The highest BCUT2D eigenvalue weighted by atomic mass is 19.1. The normalized spacial score (nSPS) is 17.5. The van der Waals surface area contributed by atoms with E-state index in [4.69, 9.17) is 14.5 Å². The molecule has 0 fully saturated rings. The molecule has 1 N–H and O–H groups in total. The highest BCUT2D eigenvalue weighted by molar-refractivity contribution is 5.77. The molecule has 4 rings (SSSR count). The van der Waals surface area contributed by atoms with Crippen LogP contribution in [-0.2, 0) is 19.9 Å². The fraction of sp³-hybridized carbons (Fsp3) is 0.174. The predicted octanol–water partition coefficient (Wildman–Crippen LogP) is 3.51. The van der Waals surface area contributed by atoms with E-state index in [1.54, 1.807) is 19.2 Å². The van der Waals surface area contributed by atoms with Crippen LogP contribution in [0.25, 0.3) is 11.1 Å². The van der Waals surface area contributed by atoms with Crippen molar-refractivity contribution in [1.29, 1.82) is 0 Å². The van der Waals surface area contributed by atoms with Crippen LogP contribution in [-0.4, -0.2) is 31.2 Å². The molecule has 1 aliphatic rings. The fourth-order valence-corrected chi connectivity index (χ4v) is 3.68. The lowest BCUT2D eigenvalue weighted by molar-refractivity contribution is -0.132. The molecule has 0 saturated heterocycles. The standard InChI is InChI=1S/C23H20FN3O4/c1-15-11-18(8-9-20(15)29-2)23(13-30-22(26-23)27-31-14-28)17-6-3-5-16(12-17)19-7-4-10-25-21(19)24/h3-12,14H,13H2,1-2H3,(H,26,27). The number of aliphatic imine (C=N–C) groups is 1. The Kier molecular flexibility index (Phi) is 5.53. The van der Waals surface area contributed by atoms with Crippen molar-refractivity contribution in [2.24, 2.45) is 4.99 Å². The Morgan fingerprint density at radius 2 is 2.00 bits per heavy atom. The van der Waals surface area contributed by atoms with E-state index in [0.29, 0.717) is 11.1 Å². The van der Waals surface area contributed by atoms with Crippen molar-refractivity contribution in [3.05, 3.63) is 83.4 Å². The third-order valence-corrected chi connectivity index (χ3v) is 5.19. The number of nitrogens with one attached hydrogen (secondary N) is 1. The van der Waals surface area contributed by atoms with Crippen LogP contribution >= 0.6 is 0 Å². The van der Waals surface area contributed by atoms with Gasteiger partial charge in [0.2, 0.25) is 5.95 Å². The molecule has 3 aromatic rings. The molecular weight excluding hydrogens is 401 g/mol. The number of amidine groups is 1. The van der Waals surface area contributed by atoms with Gasteiger partial charge in [-0.15, -0.1) is 0 Å². The number of carbonyl (C=O) groups is 1. The summed E-state index contributed by atoms with van der Waals surface area (Å²) in [6, 6.07) is 16.5. The smallest absolute Gasteiger partial charge is 0.320 e. The summed E-state index contributed by atoms with van der Waals surface area (Å²) >= 11 is 0. The highest BCUT2D eigenvalue weighted by Crippen LogP contribution is 2.40.